The first-order valence-electron chi connectivity index (χ1n) is 12.6. The molecule has 9 heteroatoms. The lowest BCUT2D eigenvalue weighted by Gasteiger charge is -2.51. The SMILES string of the molecule is CC[C@@H](c1nc(C2CC2)no1)N1C(=O)[C@@](C)(CC(=O)O)CC(c2cccc(Cl)c2)[C@H]1c1ccc(Cl)cc1. The summed E-state index contributed by atoms with van der Waals surface area (Å²) in [5, 5.41) is 15.1. The van der Waals surface area contributed by atoms with Crippen LogP contribution in [0, 0.1) is 5.41 Å². The van der Waals surface area contributed by atoms with Crippen LogP contribution in [0.15, 0.2) is 53.1 Å². The lowest BCUT2D eigenvalue weighted by Crippen LogP contribution is -2.53. The third-order valence-corrected chi connectivity index (χ3v) is 8.03. The van der Waals surface area contributed by atoms with E-state index in [1.165, 1.54) is 0 Å². The number of likely N-dealkylation sites (tertiary alicyclic amines) is 1. The van der Waals surface area contributed by atoms with Gasteiger partial charge in [0.2, 0.25) is 11.8 Å². The molecule has 2 heterocycles. The van der Waals surface area contributed by atoms with Crippen molar-refractivity contribution < 1.29 is 19.2 Å². The van der Waals surface area contributed by atoms with E-state index in [1.807, 2.05) is 37.3 Å². The number of carbonyl (C=O) groups is 2. The zero-order chi connectivity index (χ0) is 26.3. The molecule has 5 rings (SSSR count). The number of rotatable bonds is 8. The van der Waals surface area contributed by atoms with Crippen molar-refractivity contribution in [2.75, 3.05) is 0 Å². The highest BCUT2D eigenvalue weighted by atomic mass is 35.5. The maximum absolute atomic E-state index is 14.3. The number of hydrogen-bond donors (Lipinski definition) is 1. The Balaban J connectivity index is 1.68. The first-order valence-corrected chi connectivity index (χ1v) is 13.3. The van der Waals surface area contributed by atoms with E-state index >= 15 is 0 Å². The van der Waals surface area contributed by atoms with E-state index in [4.69, 9.17) is 27.7 Å². The minimum absolute atomic E-state index is 0.234. The average Bonchev–Trinajstić information content (AvgIpc) is 3.60. The van der Waals surface area contributed by atoms with Gasteiger partial charge in [0.15, 0.2) is 5.82 Å². The number of carboxylic acids is 1. The van der Waals surface area contributed by atoms with Gasteiger partial charge in [-0.25, -0.2) is 0 Å². The van der Waals surface area contributed by atoms with Gasteiger partial charge in [-0.15, -0.1) is 0 Å². The molecule has 1 aliphatic heterocycles. The zero-order valence-corrected chi connectivity index (χ0v) is 22.2. The number of aromatic nitrogens is 2. The van der Waals surface area contributed by atoms with E-state index in [-0.39, 0.29) is 18.2 Å². The molecule has 4 atom stereocenters. The Kier molecular flexibility index (Phi) is 7.03. The summed E-state index contributed by atoms with van der Waals surface area (Å²) >= 11 is 12.6. The third kappa shape index (κ3) is 5.12. The van der Waals surface area contributed by atoms with Crippen LogP contribution in [0.4, 0.5) is 0 Å². The minimum Gasteiger partial charge on any atom is -0.481 e. The maximum Gasteiger partial charge on any atom is 0.304 e. The van der Waals surface area contributed by atoms with E-state index in [0.717, 1.165) is 24.0 Å². The molecule has 2 aromatic carbocycles. The van der Waals surface area contributed by atoms with Crippen molar-refractivity contribution >= 4 is 35.1 Å². The Labute approximate surface area is 225 Å². The Bertz CT molecular complexity index is 1310. The van der Waals surface area contributed by atoms with Gasteiger partial charge in [0.25, 0.3) is 0 Å². The molecule has 2 fully saturated rings. The summed E-state index contributed by atoms with van der Waals surface area (Å²) in [6.07, 6.45) is 2.63. The highest BCUT2D eigenvalue weighted by Gasteiger charge is 2.53. The third-order valence-electron chi connectivity index (χ3n) is 7.54. The van der Waals surface area contributed by atoms with Crippen LogP contribution < -0.4 is 0 Å². The molecule has 7 nitrogen and oxygen atoms in total. The molecule has 1 amide bonds. The highest BCUT2D eigenvalue weighted by Crippen LogP contribution is 2.54. The lowest BCUT2D eigenvalue weighted by molar-refractivity contribution is -0.161. The van der Waals surface area contributed by atoms with E-state index < -0.39 is 23.5 Å². The molecule has 194 valence electrons. The van der Waals surface area contributed by atoms with Gasteiger partial charge in [0.05, 0.1) is 17.9 Å². The molecule has 37 heavy (non-hydrogen) atoms. The topological polar surface area (TPSA) is 96.5 Å². The quantitative estimate of drug-likeness (QED) is 0.331. The van der Waals surface area contributed by atoms with Gasteiger partial charge in [0, 0.05) is 21.9 Å². The number of nitrogens with zero attached hydrogens (tertiary/aromatic N) is 3. The fourth-order valence-electron chi connectivity index (χ4n) is 5.60. The fourth-order valence-corrected chi connectivity index (χ4v) is 5.93. The average molecular weight is 542 g/mol. The van der Waals surface area contributed by atoms with Crippen molar-refractivity contribution in [1.82, 2.24) is 15.0 Å². The lowest BCUT2D eigenvalue weighted by atomic mass is 9.67. The molecular formula is C28H29Cl2N3O4. The standard InChI is InChI=1S/C28H29Cl2N3O4/c1-3-22(26-31-25(32-37-26)17-7-8-17)33-24(16-9-11-19(29)12-10-16)21(18-5-4-6-20(30)13-18)14-28(2,27(33)36)15-23(34)35/h4-6,9-13,17,21-22,24H,3,7-8,14-15H2,1-2H3,(H,34,35)/t21?,22-,24+,28+/m0/s1. The van der Waals surface area contributed by atoms with Crippen LogP contribution in [0.2, 0.25) is 10.0 Å². The van der Waals surface area contributed by atoms with Gasteiger partial charge in [0.1, 0.15) is 6.04 Å². The van der Waals surface area contributed by atoms with Crippen LogP contribution in [-0.4, -0.2) is 32.0 Å². The molecule has 1 unspecified atom stereocenters. The summed E-state index contributed by atoms with van der Waals surface area (Å²) in [5.41, 5.74) is 0.676. The molecule has 0 radical (unpaired) electrons. The van der Waals surface area contributed by atoms with Crippen molar-refractivity contribution in [2.24, 2.45) is 5.41 Å². The van der Waals surface area contributed by atoms with Crippen LogP contribution in [-0.2, 0) is 9.59 Å². The Morgan fingerprint density at radius 2 is 1.89 bits per heavy atom. The summed E-state index contributed by atoms with van der Waals surface area (Å²) in [5.74, 6) is -0.155. The molecule has 1 saturated heterocycles. The van der Waals surface area contributed by atoms with Gasteiger partial charge in [-0.3, -0.25) is 9.59 Å². The summed E-state index contributed by atoms with van der Waals surface area (Å²) in [6, 6.07) is 14.0. The molecule has 1 saturated carbocycles. The summed E-state index contributed by atoms with van der Waals surface area (Å²) in [6.45, 7) is 3.71. The van der Waals surface area contributed by atoms with Crippen LogP contribution in [0.1, 0.15) is 92.7 Å². The molecule has 0 bridgehead atoms. The predicted octanol–water partition coefficient (Wildman–Crippen LogP) is 6.94. The number of carboxylic acid groups (broad SMARTS) is 1. The van der Waals surface area contributed by atoms with Gasteiger partial charge >= 0.3 is 5.97 Å². The Hall–Kier alpha value is -2.90. The fraction of sp³-hybridized carbons (Fsp3) is 0.429. The highest BCUT2D eigenvalue weighted by molar-refractivity contribution is 6.30. The van der Waals surface area contributed by atoms with Crippen LogP contribution >= 0.6 is 23.2 Å². The van der Waals surface area contributed by atoms with E-state index in [1.54, 1.807) is 30.0 Å². The van der Waals surface area contributed by atoms with E-state index in [2.05, 4.69) is 10.1 Å². The van der Waals surface area contributed by atoms with Crippen LogP contribution in [0.5, 0.6) is 0 Å². The Morgan fingerprint density at radius 1 is 1.16 bits per heavy atom. The normalized spacial score (nSPS) is 24.8. The van der Waals surface area contributed by atoms with Gasteiger partial charge in [-0.2, -0.15) is 4.98 Å². The molecule has 3 aromatic rings. The largest absolute Gasteiger partial charge is 0.481 e. The number of amides is 1. The van der Waals surface area contributed by atoms with Crippen LogP contribution in [0.25, 0.3) is 0 Å². The van der Waals surface area contributed by atoms with Crippen molar-refractivity contribution in [3.05, 3.63) is 81.4 Å². The van der Waals surface area contributed by atoms with E-state index in [9.17, 15) is 14.7 Å². The second-order valence-corrected chi connectivity index (χ2v) is 11.3. The van der Waals surface area contributed by atoms with Crippen molar-refractivity contribution in [2.45, 2.75) is 69.9 Å². The predicted molar refractivity (Wildman–Crippen MR) is 140 cm³/mol. The molecule has 1 N–H and O–H groups in total. The first-order chi connectivity index (χ1) is 17.7. The van der Waals surface area contributed by atoms with Crippen LogP contribution in [0.3, 0.4) is 0 Å². The summed E-state index contributed by atoms with van der Waals surface area (Å²) in [7, 11) is 0. The van der Waals surface area contributed by atoms with E-state index in [0.29, 0.717) is 40.5 Å². The monoisotopic (exact) mass is 541 g/mol. The smallest absolute Gasteiger partial charge is 0.304 e. The van der Waals surface area contributed by atoms with Gasteiger partial charge < -0.3 is 14.5 Å². The van der Waals surface area contributed by atoms with Gasteiger partial charge in [-0.1, -0.05) is 66.5 Å². The summed E-state index contributed by atoms with van der Waals surface area (Å²) < 4.78 is 5.72. The number of piperidine rings is 1. The number of hydrogen-bond acceptors (Lipinski definition) is 5. The molecule has 0 spiro atoms. The van der Waals surface area contributed by atoms with Crippen molar-refractivity contribution in [3.8, 4) is 0 Å². The Morgan fingerprint density at radius 3 is 2.51 bits per heavy atom. The molecule has 1 aliphatic carbocycles. The van der Waals surface area contributed by atoms with Gasteiger partial charge in [-0.05, 0) is 61.1 Å². The number of carbonyl (C=O) groups excluding carboxylic acids is 1. The number of benzene rings is 2. The summed E-state index contributed by atoms with van der Waals surface area (Å²) in [4.78, 5) is 32.8. The second-order valence-electron chi connectivity index (χ2n) is 10.4. The molecular weight excluding hydrogens is 513 g/mol. The van der Waals surface area contributed by atoms with Crippen molar-refractivity contribution in [1.29, 1.82) is 0 Å². The molecule has 1 aromatic heterocycles. The van der Waals surface area contributed by atoms with Crippen molar-refractivity contribution in [3.63, 3.8) is 0 Å². The second kappa shape index (κ2) is 10.1. The number of aliphatic carboxylic acids is 1. The first kappa shape index (κ1) is 25.7. The maximum atomic E-state index is 14.3. The molecule has 2 aliphatic rings. The zero-order valence-electron chi connectivity index (χ0n) is 20.7. The minimum atomic E-state index is -1.14. The number of halogens is 2.